The van der Waals surface area contributed by atoms with E-state index in [4.69, 9.17) is 16.3 Å². The van der Waals surface area contributed by atoms with Crippen molar-refractivity contribution in [1.29, 1.82) is 0 Å². The van der Waals surface area contributed by atoms with Gasteiger partial charge in [-0.3, -0.25) is 0 Å². The molecule has 0 atom stereocenters. The van der Waals surface area contributed by atoms with Gasteiger partial charge in [0.25, 0.3) is 0 Å². The van der Waals surface area contributed by atoms with E-state index in [-0.39, 0.29) is 11.4 Å². The molecule has 0 saturated carbocycles. The molecule has 0 aliphatic carbocycles. The fourth-order valence-corrected chi connectivity index (χ4v) is 1.94. The number of phenols is 1. The highest BCUT2D eigenvalue weighted by molar-refractivity contribution is 7.98. The highest BCUT2D eigenvalue weighted by Gasteiger charge is 2.17. The first-order valence-electron chi connectivity index (χ1n) is 4.59. The van der Waals surface area contributed by atoms with Gasteiger partial charge in [0, 0.05) is 11.1 Å². The molecule has 0 amide bonds. The van der Waals surface area contributed by atoms with E-state index in [0.29, 0.717) is 15.7 Å². The van der Waals surface area contributed by atoms with Crippen molar-refractivity contribution < 1.29 is 9.84 Å². The Hall–Kier alpha value is -0.540. The van der Waals surface area contributed by atoms with Gasteiger partial charge in [0.1, 0.15) is 17.1 Å². The molecule has 1 aromatic carbocycles. The summed E-state index contributed by atoms with van der Waals surface area (Å²) in [4.78, 5) is 0.717. The fraction of sp³-hybridized carbons (Fsp3) is 0.455. The van der Waals surface area contributed by atoms with Crippen LogP contribution in [0, 0.1) is 0 Å². The van der Waals surface area contributed by atoms with Crippen LogP contribution in [0.5, 0.6) is 11.5 Å². The lowest BCUT2D eigenvalue weighted by molar-refractivity contribution is 0.126. The summed E-state index contributed by atoms with van der Waals surface area (Å²) in [5.41, 5.74) is -0.304. The number of hydrogen-bond donors (Lipinski definition) is 1. The summed E-state index contributed by atoms with van der Waals surface area (Å²) < 4.78 is 5.72. The lowest BCUT2D eigenvalue weighted by atomic mass is 10.2. The van der Waals surface area contributed by atoms with Crippen LogP contribution in [0.15, 0.2) is 17.0 Å². The van der Waals surface area contributed by atoms with E-state index < -0.39 is 0 Å². The maximum absolute atomic E-state index is 9.68. The van der Waals surface area contributed by atoms with Crippen molar-refractivity contribution in [2.75, 3.05) is 6.26 Å². The molecule has 0 aliphatic heterocycles. The molecule has 0 radical (unpaired) electrons. The van der Waals surface area contributed by atoms with Gasteiger partial charge in [-0.2, -0.15) is 0 Å². The first kappa shape index (κ1) is 12.5. The lowest BCUT2D eigenvalue weighted by Gasteiger charge is -2.23. The van der Waals surface area contributed by atoms with Gasteiger partial charge in [-0.25, -0.2) is 0 Å². The van der Waals surface area contributed by atoms with E-state index in [1.54, 1.807) is 6.07 Å². The van der Waals surface area contributed by atoms with Crippen molar-refractivity contribution in [2.24, 2.45) is 0 Å². The van der Waals surface area contributed by atoms with Crippen molar-refractivity contribution >= 4 is 23.4 Å². The minimum atomic E-state index is -0.304. The van der Waals surface area contributed by atoms with Crippen molar-refractivity contribution in [3.63, 3.8) is 0 Å². The Labute approximate surface area is 99.6 Å². The third kappa shape index (κ3) is 3.50. The van der Waals surface area contributed by atoms with Crippen molar-refractivity contribution in [2.45, 2.75) is 31.3 Å². The smallest absolute Gasteiger partial charge is 0.138 e. The summed E-state index contributed by atoms with van der Waals surface area (Å²) in [6, 6.07) is 3.24. The second-order valence-electron chi connectivity index (χ2n) is 4.17. The number of phenolic OH excluding ortho intramolecular Hbond substituents is 1. The first-order valence-corrected chi connectivity index (χ1v) is 6.19. The number of benzene rings is 1. The van der Waals surface area contributed by atoms with Crippen molar-refractivity contribution in [1.82, 2.24) is 0 Å². The predicted molar refractivity (Wildman–Crippen MR) is 65.3 cm³/mol. The van der Waals surface area contributed by atoms with E-state index in [2.05, 4.69) is 0 Å². The van der Waals surface area contributed by atoms with Gasteiger partial charge in [0.2, 0.25) is 0 Å². The lowest BCUT2D eigenvalue weighted by Crippen LogP contribution is -2.23. The minimum Gasteiger partial charge on any atom is -0.507 e. The van der Waals surface area contributed by atoms with Crippen LogP contribution in [0.4, 0.5) is 0 Å². The summed E-state index contributed by atoms with van der Waals surface area (Å²) in [6.07, 6.45) is 1.89. The first-order chi connectivity index (χ1) is 6.83. The summed E-state index contributed by atoms with van der Waals surface area (Å²) in [5, 5.41) is 10.2. The van der Waals surface area contributed by atoms with Crippen LogP contribution in [0.3, 0.4) is 0 Å². The topological polar surface area (TPSA) is 29.5 Å². The molecule has 0 unspecified atom stereocenters. The molecular weight excluding hydrogens is 232 g/mol. The summed E-state index contributed by atoms with van der Waals surface area (Å²) in [5.74, 6) is 0.786. The van der Waals surface area contributed by atoms with Crippen LogP contribution in [-0.4, -0.2) is 17.0 Å². The molecule has 0 saturated heterocycles. The Bertz CT molecular complexity index is 358. The third-order valence-corrected chi connectivity index (χ3v) is 2.66. The summed E-state index contributed by atoms with van der Waals surface area (Å²) in [7, 11) is 0. The van der Waals surface area contributed by atoms with Gasteiger partial charge in [0.05, 0.1) is 4.90 Å². The Morgan fingerprint density at radius 2 is 1.93 bits per heavy atom. The Kier molecular flexibility index (Phi) is 3.79. The average Bonchev–Trinajstić information content (AvgIpc) is 1.99. The van der Waals surface area contributed by atoms with E-state index in [0.717, 1.165) is 0 Å². The second-order valence-corrected chi connectivity index (χ2v) is 5.42. The van der Waals surface area contributed by atoms with Crippen molar-refractivity contribution in [3.8, 4) is 11.5 Å². The molecule has 0 bridgehead atoms. The molecular formula is C11H15ClO2S. The Morgan fingerprint density at radius 1 is 1.33 bits per heavy atom. The number of thioether (sulfide) groups is 1. The van der Waals surface area contributed by atoms with E-state index in [1.165, 1.54) is 17.8 Å². The zero-order valence-electron chi connectivity index (χ0n) is 9.30. The molecule has 1 aromatic rings. The zero-order chi connectivity index (χ0) is 11.6. The normalized spacial score (nSPS) is 11.5. The molecule has 0 fully saturated rings. The number of ether oxygens (including phenoxy) is 1. The number of rotatable bonds is 2. The maximum atomic E-state index is 9.68. The van der Waals surface area contributed by atoms with Gasteiger partial charge in [0.15, 0.2) is 0 Å². The summed E-state index contributed by atoms with van der Waals surface area (Å²) in [6.45, 7) is 5.86. The molecule has 0 spiro atoms. The van der Waals surface area contributed by atoms with E-state index in [1.807, 2.05) is 27.0 Å². The Balaban J connectivity index is 3.15. The second kappa shape index (κ2) is 4.54. The highest BCUT2D eigenvalue weighted by atomic mass is 35.5. The molecule has 1 rings (SSSR count). The van der Waals surface area contributed by atoms with Gasteiger partial charge >= 0.3 is 0 Å². The Morgan fingerprint density at radius 3 is 2.40 bits per heavy atom. The van der Waals surface area contributed by atoms with Crippen LogP contribution < -0.4 is 4.74 Å². The third-order valence-electron chi connectivity index (χ3n) is 1.62. The van der Waals surface area contributed by atoms with Crippen molar-refractivity contribution in [3.05, 3.63) is 17.2 Å². The molecule has 15 heavy (non-hydrogen) atoms. The molecule has 1 N–H and O–H groups in total. The SMILES string of the molecule is CSc1c(O)cc(Cl)cc1OC(C)(C)C. The standard InChI is InChI=1S/C11H15ClO2S/c1-11(2,3)14-9-6-7(12)5-8(13)10(9)15-4/h5-6,13H,1-4H3. The van der Waals surface area contributed by atoms with Gasteiger partial charge < -0.3 is 9.84 Å². The van der Waals surface area contributed by atoms with Gasteiger partial charge in [-0.05, 0) is 33.1 Å². The van der Waals surface area contributed by atoms with Crippen LogP contribution in [0.25, 0.3) is 0 Å². The van der Waals surface area contributed by atoms with E-state index >= 15 is 0 Å². The van der Waals surface area contributed by atoms with Crippen LogP contribution in [-0.2, 0) is 0 Å². The van der Waals surface area contributed by atoms with Gasteiger partial charge in [-0.1, -0.05) is 11.6 Å². The van der Waals surface area contributed by atoms with Crippen LogP contribution in [0.1, 0.15) is 20.8 Å². The number of halogens is 1. The molecule has 0 aliphatic rings. The monoisotopic (exact) mass is 246 g/mol. The molecule has 84 valence electrons. The highest BCUT2D eigenvalue weighted by Crippen LogP contribution is 2.39. The summed E-state index contributed by atoms with van der Waals surface area (Å²) >= 11 is 7.30. The molecule has 0 heterocycles. The quantitative estimate of drug-likeness (QED) is 0.802. The zero-order valence-corrected chi connectivity index (χ0v) is 10.9. The maximum Gasteiger partial charge on any atom is 0.138 e. The largest absolute Gasteiger partial charge is 0.507 e. The molecule has 4 heteroatoms. The predicted octanol–water partition coefficient (Wildman–Crippen LogP) is 3.94. The number of hydrogen-bond acceptors (Lipinski definition) is 3. The number of aromatic hydroxyl groups is 1. The average molecular weight is 247 g/mol. The fourth-order valence-electron chi connectivity index (χ4n) is 1.17. The molecule has 2 nitrogen and oxygen atoms in total. The minimum absolute atomic E-state index is 0.161. The van der Waals surface area contributed by atoms with Gasteiger partial charge in [-0.15, -0.1) is 11.8 Å². The van der Waals surface area contributed by atoms with Crippen LogP contribution >= 0.6 is 23.4 Å². The molecule has 0 aromatic heterocycles. The van der Waals surface area contributed by atoms with Crippen LogP contribution in [0.2, 0.25) is 5.02 Å². The van der Waals surface area contributed by atoms with E-state index in [9.17, 15) is 5.11 Å².